The summed E-state index contributed by atoms with van der Waals surface area (Å²) in [4.78, 5) is 38.9. The van der Waals surface area contributed by atoms with E-state index in [1.54, 1.807) is 19.3 Å². The number of aryl methyl sites for hydroxylation is 1. The van der Waals surface area contributed by atoms with Gasteiger partial charge >= 0.3 is 0 Å². The lowest BCUT2D eigenvalue weighted by atomic mass is 9.75. The summed E-state index contributed by atoms with van der Waals surface area (Å²) >= 11 is 0. The van der Waals surface area contributed by atoms with Gasteiger partial charge in [-0.2, -0.15) is 5.10 Å². The summed E-state index contributed by atoms with van der Waals surface area (Å²) in [7, 11) is 1.70. The van der Waals surface area contributed by atoms with Gasteiger partial charge in [-0.25, -0.2) is 0 Å². The molecule has 3 heterocycles. The normalized spacial score (nSPS) is 20.3. The minimum atomic E-state index is -0.639. The van der Waals surface area contributed by atoms with Crippen molar-refractivity contribution in [3.8, 4) is 0 Å². The van der Waals surface area contributed by atoms with Gasteiger partial charge in [-0.05, 0) is 55.4 Å². The molecule has 1 saturated heterocycles. The summed E-state index contributed by atoms with van der Waals surface area (Å²) in [6.07, 6.45) is 6.76. The summed E-state index contributed by atoms with van der Waals surface area (Å²) in [6.45, 7) is 1.12. The Hall–Kier alpha value is -3.20. The fraction of sp³-hybridized carbons (Fsp3) is 0.500. The van der Waals surface area contributed by atoms with Crippen molar-refractivity contribution in [2.45, 2.75) is 50.0 Å². The number of ether oxygens (including phenoxy) is 1. The number of aromatic nitrogens is 2. The zero-order valence-electron chi connectivity index (χ0n) is 18.7. The van der Waals surface area contributed by atoms with Crippen LogP contribution in [0.5, 0.6) is 0 Å². The third kappa shape index (κ3) is 3.90. The van der Waals surface area contributed by atoms with Crippen molar-refractivity contribution in [3.63, 3.8) is 0 Å². The van der Waals surface area contributed by atoms with E-state index >= 15 is 0 Å². The average Bonchev–Trinajstić information content (AvgIpc) is 3.54. The summed E-state index contributed by atoms with van der Waals surface area (Å²) in [5, 5.41) is 12.9. The molecule has 1 spiro atoms. The van der Waals surface area contributed by atoms with E-state index in [1.165, 1.54) is 4.68 Å². The Morgan fingerprint density at radius 1 is 1.21 bits per heavy atom. The van der Waals surface area contributed by atoms with Crippen molar-refractivity contribution in [1.82, 2.24) is 15.1 Å². The average molecular weight is 452 g/mol. The molecular weight excluding hydrogens is 422 g/mol. The fourth-order valence-corrected chi connectivity index (χ4v) is 5.44. The highest BCUT2D eigenvalue weighted by molar-refractivity contribution is 6.07. The molecule has 1 aromatic heterocycles. The molecule has 3 amide bonds. The molecular formula is C24H29N5O4. The summed E-state index contributed by atoms with van der Waals surface area (Å²) in [5.74, 6) is -0.481. The van der Waals surface area contributed by atoms with Crippen LogP contribution in [0.4, 0.5) is 11.4 Å². The van der Waals surface area contributed by atoms with Crippen LogP contribution in [0.2, 0.25) is 0 Å². The number of rotatable bonds is 5. The van der Waals surface area contributed by atoms with Crippen molar-refractivity contribution in [3.05, 3.63) is 41.7 Å². The zero-order valence-corrected chi connectivity index (χ0v) is 18.7. The summed E-state index contributed by atoms with van der Waals surface area (Å²) in [6, 6.07) is 6.56. The molecule has 9 nitrogen and oxygen atoms in total. The lowest BCUT2D eigenvalue weighted by Crippen LogP contribution is -2.48. The predicted molar refractivity (Wildman–Crippen MR) is 122 cm³/mol. The third-order valence-corrected chi connectivity index (χ3v) is 7.33. The number of nitrogens with one attached hydrogen (secondary N) is 3. The Morgan fingerprint density at radius 3 is 2.67 bits per heavy atom. The van der Waals surface area contributed by atoms with Crippen LogP contribution in [0.25, 0.3) is 0 Å². The number of carbonyl (C=O) groups is 3. The molecule has 33 heavy (non-hydrogen) atoms. The second-order valence-corrected chi connectivity index (χ2v) is 9.23. The molecule has 1 unspecified atom stereocenters. The van der Waals surface area contributed by atoms with Gasteiger partial charge in [-0.1, -0.05) is 18.9 Å². The zero-order chi connectivity index (χ0) is 23.0. The van der Waals surface area contributed by atoms with Crippen LogP contribution in [0.15, 0.2) is 30.5 Å². The topological polar surface area (TPSA) is 114 Å². The van der Waals surface area contributed by atoms with Crippen LogP contribution in [0.3, 0.4) is 0 Å². The Labute approximate surface area is 192 Å². The molecule has 2 aliphatic heterocycles. The quantitative estimate of drug-likeness (QED) is 0.646. The first-order valence-electron chi connectivity index (χ1n) is 11.6. The number of hydrogen-bond donors (Lipinski definition) is 3. The SMILES string of the molecule is Cn1nccc1C(=O)NC(C(=O)Nc1ccc2c(c1)NC(=O)C21CCOCC1)C1CCCC1. The first kappa shape index (κ1) is 21.6. The second kappa shape index (κ2) is 8.62. The maximum absolute atomic E-state index is 13.3. The van der Waals surface area contributed by atoms with Gasteiger partial charge in [0.15, 0.2) is 0 Å². The smallest absolute Gasteiger partial charge is 0.270 e. The lowest BCUT2D eigenvalue weighted by molar-refractivity contribution is -0.124. The fourth-order valence-electron chi connectivity index (χ4n) is 5.44. The van der Waals surface area contributed by atoms with E-state index in [-0.39, 0.29) is 23.6 Å². The second-order valence-electron chi connectivity index (χ2n) is 9.23. The molecule has 0 radical (unpaired) electrons. The third-order valence-electron chi connectivity index (χ3n) is 7.33. The number of carbonyl (C=O) groups excluding carboxylic acids is 3. The van der Waals surface area contributed by atoms with Gasteiger partial charge in [0.25, 0.3) is 5.91 Å². The van der Waals surface area contributed by atoms with Crippen LogP contribution in [-0.4, -0.2) is 46.8 Å². The molecule has 174 valence electrons. The van der Waals surface area contributed by atoms with E-state index in [9.17, 15) is 14.4 Å². The molecule has 2 aromatic rings. The van der Waals surface area contributed by atoms with Crippen molar-refractivity contribution in [1.29, 1.82) is 0 Å². The summed E-state index contributed by atoms with van der Waals surface area (Å²) in [5.41, 5.74) is 2.16. The van der Waals surface area contributed by atoms with Gasteiger partial charge in [0.1, 0.15) is 11.7 Å². The highest BCUT2D eigenvalue weighted by Crippen LogP contribution is 2.45. The number of amides is 3. The van der Waals surface area contributed by atoms with E-state index in [0.29, 0.717) is 37.4 Å². The molecule has 3 aliphatic rings. The van der Waals surface area contributed by atoms with Crippen LogP contribution >= 0.6 is 0 Å². The predicted octanol–water partition coefficient (Wildman–Crippen LogP) is 2.35. The molecule has 9 heteroatoms. The van der Waals surface area contributed by atoms with E-state index in [0.717, 1.165) is 36.9 Å². The molecule has 3 N–H and O–H groups in total. The lowest BCUT2D eigenvalue weighted by Gasteiger charge is -2.31. The molecule has 1 aromatic carbocycles. The van der Waals surface area contributed by atoms with Crippen LogP contribution in [-0.2, 0) is 26.8 Å². The van der Waals surface area contributed by atoms with Crippen LogP contribution in [0, 0.1) is 5.92 Å². The van der Waals surface area contributed by atoms with Crippen molar-refractivity contribution in [2.24, 2.45) is 13.0 Å². The van der Waals surface area contributed by atoms with Crippen molar-refractivity contribution in [2.75, 3.05) is 23.8 Å². The van der Waals surface area contributed by atoms with E-state index in [2.05, 4.69) is 21.0 Å². The minimum Gasteiger partial charge on any atom is -0.381 e. The molecule has 2 fully saturated rings. The Balaban J connectivity index is 1.34. The van der Waals surface area contributed by atoms with Gasteiger partial charge in [-0.3, -0.25) is 19.1 Å². The minimum absolute atomic E-state index is 0.00320. The Morgan fingerprint density at radius 2 is 1.97 bits per heavy atom. The van der Waals surface area contributed by atoms with Crippen molar-refractivity contribution >= 4 is 29.1 Å². The Kier molecular flexibility index (Phi) is 5.65. The Bertz CT molecular complexity index is 1080. The molecule has 5 rings (SSSR count). The molecule has 1 aliphatic carbocycles. The number of benzene rings is 1. The highest BCUT2D eigenvalue weighted by Gasteiger charge is 2.47. The van der Waals surface area contributed by atoms with Crippen LogP contribution < -0.4 is 16.0 Å². The highest BCUT2D eigenvalue weighted by atomic mass is 16.5. The van der Waals surface area contributed by atoms with Gasteiger partial charge < -0.3 is 20.7 Å². The number of fused-ring (bicyclic) bond motifs is 2. The summed E-state index contributed by atoms with van der Waals surface area (Å²) < 4.78 is 6.95. The van der Waals surface area contributed by atoms with E-state index < -0.39 is 11.5 Å². The standard InChI is InChI=1S/C24H29N5O4/c1-29-19(8-11-25-29)21(30)28-20(15-4-2-3-5-15)22(31)26-16-6-7-17-18(14-16)27-23(32)24(17)9-12-33-13-10-24/h6-8,11,14-15,20H,2-5,9-10,12-13H2,1H3,(H,26,31)(H,27,32)(H,28,30). The molecule has 0 bridgehead atoms. The first-order valence-corrected chi connectivity index (χ1v) is 11.6. The van der Waals surface area contributed by atoms with E-state index in [1.807, 2.05) is 18.2 Å². The van der Waals surface area contributed by atoms with Gasteiger partial charge in [0.05, 0.1) is 5.41 Å². The van der Waals surface area contributed by atoms with Gasteiger partial charge in [0, 0.05) is 37.8 Å². The largest absolute Gasteiger partial charge is 0.381 e. The number of nitrogens with zero attached hydrogens (tertiary/aromatic N) is 2. The maximum atomic E-state index is 13.3. The van der Waals surface area contributed by atoms with Gasteiger partial charge in [0.2, 0.25) is 11.8 Å². The monoisotopic (exact) mass is 451 g/mol. The molecule has 1 atom stereocenters. The molecule has 1 saturated carbocycles. The van der Waals surface area contributed by atoms with Crippen LogP contribution in [0.1, 0.15) is 54.6 Å². The van der Waals surface area contributed by atoms with Gasteiger partial charge in [-0.15, -0.1) is 0 Å². The number of hydrogen-bond acceptors (Lipinski definition) is 5. The number of anilines is 2. The first-order chi connectivity index (χ1) is 16.0. The maximum Gasteiger partial charge on any atom is 0.270 e. The van der Waals surface area contributed by atoms with Crippen molar-refractivity contribution < 1.29 is 19.1 Å². The van der Waals surface area contributed by atoms with E-state index in [4.69, 9.17) is 4.74 Å².